The number of benzene rings is 4. The van der Waals surface area contributed by atoms with Gasteiger partial charge in [0, 0.05) is 74.3 Å². The number of hydrogen-bond donors (Lipinski definition) is 0. The summed E-state index contributed by atoms with van der Waals surface area (Å²) in [6.45, 7) is 7.65. The molecule has 0 unspecified atom stereocenters. The Morgan fingerprint density at radius 3 is 0.610 bits per heavy atom. The van der Waals surface area contributed by atoms with Crippen LogP contribution in [0, 0.1) is 0 Å². The summed E-state index contributed by atoms with van der Waals surface area (Å²) in [5.41, 5.74) is 10.8. The minimum absolute atomic E-state index is 0.0843. The lowest BCUT2D eigenvalue weighted by Crippen LogP contribution is -2.16. The molecule has 0 aliphatic heterocycles. The third kappa shape index (κ3) is 30.1. The van der Waals surface area contributed by atoms with Crippen LogP contribution < -0.4 is 18.9 Å². The zero-order valence-electron chi connectivity index (χ0n) is 60.0. The van der Waals surface area contributed by atoms with Gasteiger partial charge in [0.15, 0.2) is 0 Å². The van der Waals surface area contributed by atoms with Gasteiger partial charge in [-0.2, -0.15) is 0 Å². The Hall–Kier alpha value is -9.20. The molecule has 0 atom stereocenters. The monoisotopic (exact) mass is 1380 g/mol. The molecular formula is C80H104O20. The van der Waals surface area contributed by atoms with Crippen molar-refractivity contribution >= 4 is 47.8 Å². The molecule has 0 amide bonds. The molecule has 1 aliphatic rings. The molecule has 20 nitrogen and oxygen atoms in total. The Morgan fingerprint density at radius 2 is 0.440 bits per heavy atom. The van der Waals surface area contributed by atoms with Crippen molar-refractivity contribution in [3.05, 3.63) is 164 Å². The Balaban J connectivity index is 1.93. The highest BCUT2D eigenvalue weighted by Gasteiger charge is 2.26. The smallest absolute Gasteiger partial charge is 0.331 e. The molecule has 0 saturated heterocycles. The maximum atomic E-state index is 13.0. The number of ether oxygens (including phenoxy) is 12. The molecular weight excluding hydrogens is 1280 g/mol. The molecule has 0 aromatic heterocycles. The summed E-state index contributed by atoms with van der Waals surface area (Å²) in [6, 6.07) is 17.4. The van der Waals surface area contributed by atoms with E-state index in [1.807, 2.05) is 0 Å². The fourth-order valence-electron chi connectivity index (χ4n) is 11.7. The summed E-state index contributed by atoms with van der Waals surface area (Å²) in [4.78, 5) is 99.8. The van der Waals surface area contributed by atoms with E-state index in [4.69, 9.17) is 56.8 Å². The fourth-order valence-corrected chi connectivity index (χ4v) is 11.7. The Kier molecular flexibility index (Phi) is 38.3. The number of unbranched alkanes of at least 4 members (excludes halogenated alkanes) is 12. The molecule has 4 aromatic carbocycles. The highest BCUT2D eigenvalue weighted by atomic mass is 16.6. The molecule has 5 rings (SSSR count). The average molecular weight is 1390 g/mol. The zero-order valence-corrected chi connectivity index (χ0v) is 60.0. The van der Waals surface area contributed by atoms with Crippen LogP contribution in [0.25, 0.3) is 0 Å². The van der Waals surface area contributed by atoms with Crippen LogP contribution in [0.2, 0.25) is 0 Å². The molecule has 100 heavy (non-hydrogen) atoms. The summed E-state index contributed by atoms with van der Waals surface area (Å²) in [5.74, 6) is -3.75. The summed E-state index contributed by atoms with van der Waals surface area (Å²) in [6.07, 6.45) is 28.1. The summed E-state index contributed by atoms with van der Waals surface area (Å²) < 4.78 is 69.1. The van der Waals surface area contributed by atoms with E-state index in [1.165, 1.54) is 28.4 Å². The standard InChI is InChI=1S/C80H104O20/c1-9-13-17-21-25-57-45-61-53-63-47-58(26-22-18-14-10-2)49-65(78(63)98-42-38-94-74(86)34-30-70(82)90-6)55-67-51-60(28-24-20-16-12-4)52-68(80(67)100-44-40-96-76(88)36-32-72(84)92-8)56-66-50-59(27-23-19-15-11-3)48-64(79(66)99-43-39-95-75(87)35-31-71(83)91-7)54-62(46-57)77(61)97-41-37-93-73(85)33-29-69(81)89-5/h29-36,45-52H,9-28,37-44,53-56H2,1-8H3/b33-29+,34-30+,35-31+,36-32+. The van der Waals surface area contributed by atoms with Crippen LogP contribution >= 0.6 is 0 Å². The average Bonchev–Trinajstić information content (AvgIpc) is 0.777. The van der Waals surface area contributed by atoms with Crippen LogP contribution in [-0.4, -0.2) is 129 Å². The van der Waals surface area contributed by atoms with Gasteiger partial charge in [-0.05, 0) is 118 Å². The van der Waals surface area contributed by atoms with Gasteiger partial charge in [0.05, 0.1) is 28.4 Å². The van der Waals surface area contributed by atoms with Crippen LogP contribution in [0.3, 0.4) is 0 Å². The van der Waals surface area contributed by atoms with Crippen LogP contribution in [0.4, 0.5) is 0 Å². The molecule has 544 valence electrons. The molecule has 0 fully saturated rings. The SMILES string of the molecule is CCCCCCc1cc2c(OCCOC(=O)/C=C/C(=O)OC)c(c1)Cc1cc(CCCCCC)cc(c1OCCOC(=O)/C=C/C(=O)OC)Cc1cc(CCCCCC)cc(c1OCCOC(=O)/C=C/C(=O)OC)Cc1cc(CCCCCC)cc(c1OCCOC(=O)/C=C/C(=O)OC)C2. The molecule has 0 saturated carbocycles. The molecule has 4 aromatic rings. The highest BCUT2D eigenvalue weighted by Crippen LogP contribution is 2.42. The maximum Gasteiger partial charge on any atom is 0.331 e. The number of carbonyl (C=O) groups is 8. The second-order valence-electron chi connectivity index (χ2n) is 24.4. The molecule has 0 N–H and O–H groups in total. The predicted molar refractivity (Wildman–Crippen MR) is 379 cm³/mol. The van der Waals surface area contributed by atoms with Crippen molar-refractivity contribution < 1.29 is 95.2 Å². The number of carbonyl (C=O) groups excluding carboxylic acids is 8. The Bertz CT molecular complexity index is 2890. The highest BCUT2D eigenvalue weighted by molar-refractivity contribution is 5.93. The topological polar surface area (TPSA) is 247 Å². The van der Waals surface area contributed by atoms with E-state index in [2.05, 4.69) is 76.2 Å². The van der Waals surface area contributed by atoms with E-state index in [0.717, 1.165) is 244 Å². The van der Waals surface area contributed by atoms with E-state index >= 15 is 0 Å². The number of rotatable bonds is 44. The van der Waals surface area contributed by atoms with Crippen molar-refractivity contribution in [1.29, 1.82) is 0 Å². The molecule has 1 aliphatic carbocycles. The first-order valence-electron chi connectivity index (χ1n) is 35.4. The van der Waals surface area contributed by atoms with Crippen LogP contribution in [0.1, 0.15) is 197 Å². The Morgan fingerprint density at radius 1 is 0.260 bits per heavy atom. The van der Waals surface area contributed by atoms with Gasteiger partial charge in [-0.15, -0.1) is 0 Å². The molecule has 0 spiro atoms. The van der Waals surface area contributed by atoms with Crippen molar-refractivity contribution in [2.24, 2.45) is 0 Å². The lowest BCUT2D eigenvalue weighted by molar-refractivity contribution is -0.140. The van der Waals surface area contributed by atoms with Crippen LogP contribution in [-0.2, 0) is 128 Å². The lowest BCUT2D eigenvalue weighted by atomic mass is 9.87. The third-order valence-electron chi connectivity index (χ3n) is 16.5. The quantitative estimate of drug-likeness (QED) is 0.0152. The van der Waals surface area contributed by atoms with Crippen molar-refractivity contribution in [3.8, 4) is 23.0 Å². The first-order valence-corrected chi connectivity index (χ1v) is 35.4. The second-order valence-corrected chi connectivity index (χ2v) is 24.4. The van der Waals surface area contributed by atoms with E-state index in [1.54, 1.807) is 0 Å². The van der Waals surface area contributed by atoms with Gasteiger partial charge in [-0.1, -0.05) is 153 Å². The number of methoxy groups -OCH3 is 4. The lowest BCUT2D eigenvalue weighted by Gasteiger charge is -2.25. The van der Waals surface area contributed by atoms with Gasteiger partial charge in [-0.25, -0.2) is 38.4 Å². The first-order chi connectivity index (χ1) is 48.5. The zero-order chi connectivity index (χ0) is 72.3. The van der Waals surface area contributed by atoms with Gasteiger partial charge in [-0.3, -0.25) is 0 Å². The fraction of sp³-hybridized carbons (Fsp3) is 0.500. The number of fused-ring (bicyclic) bond motifs is 8. The summed E-state index contributed by atoms with van der Waals surface area (Å²) in [5, 5.41) is 0. The van der Waals surface area contributed by atoms with Crippen molar-refractivity contribution in [3.63, 3.8) is 0 Å². The molecule has 0 radical (unpaired) electrons. The molecule has 0 heterocycles. The number of esters is 8. The summed E-state index contributed by atoms with van der Waals surface area (Å²) in [7, 11) is 4.84. The first kappa shape index (κ1) is 81.5. The van der Waals surface area contributed by atoms with Crippen LogP contribution in [0.5, 0.6) is 23.0 Å². The molecule has 8 bridgehead atoms. The third-order valence-corrected chi connectivity index (χ3v) is 16.5. The van der Waals surface area contributed by atoms with Gasteiger partial charge in [0.1, 0.15) is 75.9 Å². The van der Waals surface area contributed by atoms with Crippen molar-refractivity contribution in [2.75, 3.05) is 81.3 Å². The van der Waals surface area contributed by atoms with E-state index in [0.29, 0.717) is 23.0 Å². The second kappa shape index (κ2) is 47.0. The van der Waals surface area contributed by atoms with Crippen molar-refractivity contribution in [2.45, 2.75) is 182 Å². The van der Waals surface area contributed by atoms with E-state index in [-0.39, 0.29) is 78.5 Å². The Labute approximate surface area is 590 Å². The predicted octanol–water partition coefficient (Wildman–Crippen LogP) is 13.5. The summed E-state index contributed by atoms with van der Waals surface area (Å²) >= 11 is 0. The van der Waals surface area contributed by atoms with Gasteiger partial charge < -0.3 is 56.8 Å². The largest absolute Gasteiger partial charge is 0.489 e. The van der Waals surface area contributed by atoms with Crippen LogP contribution in [0.15, 0.2) is 97.1 Å². The van der Waals surface area contributed by atoms with Gasteiger partial charge in [0.25, 0.3) is 0 Å². The van der Waals surface area contributed by atoms with E-state index < -0.39 is 47.8 Å². The normalized spacial score (nSPS) is 11.9. The minimum atomic E-state index is -0.765. The van der Waals surface area contributed by atoms with Crippen molar-refractivity contribution in [1.82, 2.24) is 0 Å². The van der Waals surface area contributed by atoms with Gasteiger partial charge in [0.2, 0.25) is 0 Å². The number of aryl methyl sites for hydroxylation is 4. The molecule has 20 heteroatoms. The maximum absolute atomic E-state index is 13.0. The number of hydrogen-bond acceptors (Lipinski definition) is 20. The minimum Gasteiger partial charge on any atom is -0.489 e. The van der Waals surface area contributed by atoms with E-state index in [9.17, 15) is 38.4 Å². The van der Waals surface area contributed by atoms with Gasteiger partial charge >= 0.3 is 47.8 Å².